The summed E-state index contributed by atoms with van der Waals surface area (Å²) in [5.74, 6) is -0.391. The zero-order valence-corrected chi connectivity index (χ0v) is 22.1. The van der Waals surface area contributed by atoms with Crippen LogP contribution in [-0.2, 0) is 42.3 Å². The van der Waals surface area contributed by atoms with Crippen LogP contribution in [0.4, 0.5) is 0 Å². The van der Waals surface area contributed by atoms with E-state index in [1.165, 1.54) is 0 Å². The molecule has 0 saturated carbocycles. The summed E-state index contributed by atoms with van der Waals surface area (Å²) in [6.45, 7) is 0. The van der Waals surface area contributed by atoms with Crippen molar-refractivity contribution in [1.29, 1.82) is 0 Å². The molecule has 0 bridgehead atoms. The van der Waals surface area contributed by atoms with Crippen LogP contribution in [0.5, 0.6) is 0 Å². The molecule has 5 aromatic rings. The summed E-state index contributed by atoms with van der Waals surface area (Å²) in [5.41, 5.74) is 1.60. The first-order chi connectivity index (χ1) is 15.0. The van der Waals surface area contributed by atoms with Crippen LogP contribution in [0.15, 0.2) is 45.3 Å². The molecule has 0 amide bonds. The Labute approximate surface area is 223 Å². The molecular formula is C25H8Br2O4Y-2. The maximum atomic E-state index is 12.7. The van der Waals surface area contributed by atoms with Crippen molar-refractivity contribution in [1.82, 2.24) is 0 Å². The molecule has 1 aliphatic rings. The molecule has 1 aliphatic carbocycles. The third-order valence-electron chi connectivity index (χ3n) is 6.15. The first-order valence-corrected chi connectivity index (χ1v) is 11.0. The maximum absolute atomic E-state index is 12.7. The van der Waals surface area contributed by atoms with Gasteiger partial charge in [-0.2, -0.15) is 6.07 Å². The van der Waals surface area contributed by atoms with Crippen molar-refractivity contribution < 1.29 is 51.9 Å². The van der Waals surface area contributed by atoms with E-state index in [1.54, 1.807) is 24.3 Å². The van der Waals surface area contributed by atoms with Gasteiger partial charge < -0.3 is 9.59 Å². The SMILES string of the molecule is O=[C-]c1ccc2c3c(Br)cc4c5c(ccc(c6c(Br)cc([C-]=O)c1c26)c53)C(=O)CC4=O.[Y]. The third kappa shape index (κ3) is 2.67. The van der Waals surface area contributed by atoms with Crippen LogP contribution >= 0.6 is 31.9 Å². The Balaban J connectivity index is 0.00000216. The Morgan fingerprint density at radius 3 is 1.84 bits per heavy atom. The summed E-state index contributed by atoms with van der Waals surface area (Å²) in [7, 11) is 0. The summed E-state index contributed by atoms with van der Waals surface area (Å²) >= 11 is 7.22. The molecule has 0 N–H and O–H groups in total. The average Bonchev–Trinajstić information content (AvgIpc) is 2.76. The number of Topliss-reactive ketones (excluding diaryl/α,β-unsaturated/α-hetero) is 2. The fraction of sp³-hybridized carbons (Fsp3) is 0.0400. The van der Waals surface area contributed by atoms with E-state index >= 15 is 0 Å². The minimum atomic E-state index is -0.200. The second-order valence-corrected chi connectivity index (χ2v) is 9.32. The molecule has 6 rings (SSSR count). The van der Waals surface area contributed by atoms with Gasteiger partial charge in [-0.1, -0.05) is 49.4 Å². The number of rotatable bonds is 2. The first kappa shape index (κ1) is 22.0. The molecule has 4 nitrogen and oxygen atoms in total. The number of hydrogen-bond donors (Lipinski definition) is 0. The topological polar surface area (TPSA) is 68.3 Å². The van der Waals surface area contributed by atoms with Crippen molar-refractivity contribution in [2.24, 2.45) is 0 Å². The number of benzene rings is 5. The summed E-state index contributed by atoms with van der Waals surface area (Å²) in [6.07, 6.45) is 3.73. The Kier molecular flexibility index (Phi) is 5.21. The first-order valence-electron chi connectivity index (χ1n) is 9.38. The van der Waals surface area contributed by atoms with Crippen LogP contribution in [0.1, 0.15) is 38.3 Å². The molecule has 0 unspecified atom stereocenters. The molecule has 0 aromatic heterocycles. The van der Waals surface area contributed by atoms with Gasteiger partial charge in [-0.25, -0.2) is 0 Å². The van der Waals surface area contributed by atoms with Crippen molar-refractivity contribution in [3.8, 4) is 0 Å². The monoisotopic (exact) mass is 619 g/mol. The van der Waals surface area contributed by atoms with Crippen molar-refractivity contribution in [2.75, 3.05) is 0 Å². The Hall–Kier alpha value is -1.86. The molecule has 0 aliphatic heterocycles. The van der Waals surface area contributed by atoms with Crippen molar-refractivity contribution in [3.63, 3.8) is 0 Å². The van der Waals surface area contributed by atoms with Gasteiger partial charge in [0.1, 0.15) is 0 Å². The standard InChI is InChI=1S/C25H8Br2O4.Y/c26-16-5-11(9-29)20-10(8-28)1-2-13-23-17(27)6-15-19(31)7-18(30)12-3-4-14(22(16)24(13)20)25(23)21(12)15;/h1-6H,7H2;/q-2;. The molecule has 151 valence electrons. The summed E-state index contributed by atoms with van der Waals surface area (Å²) in [4.78, 5) is 48.7. The third-order valence-corrected chi connectivity index (χ3v) is 7.40. The molecule has 0 heterocycles. The van der Waals surface area contributed by atoms with Gasteiger partial charge >= 0.3 is 0 Å². The Morgan fingerprint density at radius 2 is 1.19 bits per heavy atom. The minimum Gasteiger partial charge on any atom is -0.376 e. The predicted molar refractivity (Wildman–Crippen MR) is 126 cm³/mol. The Bertz CT molecular complexity index is 1700. The van der Waals surface area contributed by atoms with E-state index in [1.807, 2.05) is 24.7 Å². The van der Waals surface area contributed by atoms with Crippen LogP contribution < -0.4 is 0 Å². The molecule has 0 fully saturated rings. The summed E-state index contributed by atoms with van der Waals surface area (Å²) < 4.78 is 1.38. The second kappa shape index (κ2) is 7.59. The van der Waals surface area contributed by atoms with Gasteiger partial charge in [0, 0.05) is 59.1 Å². The quantitative estimate of drug-likeness (QED) is 0.106. The van der Waals surface area contributed by atoms with Crippen LogP contribution in [-0.4, -0.2) is 24.1 Å². The molecule has 0 atom stereocenters. The molecule has 5 aromatic carbocycles. The van der Waals surface area contributed by atoms with Crippen LogP contribution in [0.2, 0.25) is 0 Å². The second-order valence-electron chi connectivity index (χ2n) is 7.61. The van der Waals surface area contributed by atoms with Gasteiger partial charge in [0.25, 0.3) is 0 Å². The number of hydrogen-bond acceptors (Lipinski definition) is 4. The zero-order valence-electron chi connectivity index (χ0n) is 16.1. The molecule has 0 saturated heterocycles. The molecular weight excluding hydrogens is 613 g/mol. The molecule has 32 heavy (non-hydrogen) atoms. The van der Waals surface area contributed by atoms with Crippen molar-refractivity contribution in [3.05, 3.63) is 67.6 Å². The molecule has 1 radical (unpaired) electrons. The van der Waals surface area contributed by atoms with E-state index < -0.39 is 0 Å². The van der Waals surface area contributed by atoms with Gasteiger partial charge in [-0.05, 0) is 32.1 Å². The smallest absolute Gasteiger partial charge is 0.171 e. The van der Waals surface area contributed by atoms with Crippen molar-refractivity contribution >= 4 is 99.1 Å². The maximum Gasteiger partial charge on any atom is 0.171 e. The van der Waals surface area contributed by atoms with Crippen LogP contribution in [0, 0.1) is 0 Å². The van der Waals surface area contributed by atoms with Gasteiger partial charge in [0.2, 0.25) is 0 Å². The molecule has 0 spiro atoms. The van der Waals surface area contributed by atoms with E-state index in [0.717, 1.165) is 32.3 Å². The normalized spacial score (nSPS) is 13.3. The van der Waals surface area contributed by atoms with Gasteiger partial charge in [-0.15, -0.1) is 28.6 Å². The van der Waals surface area contributed by atoms with Crippen molar-refractivity contribution in [2.45, 2.75) is 6.42 Å². The number of carbonyl (C=O) groups is 2. The van der Waals surface area contributed by atoms with E-state index in [0.29, 0.717) is 30.8 Å². The van der Waals surface area contributed by atoms with E-state index in [9.17, 15) is 19.2 Å². The number of carbonyl (C=O) groups excluding carboxylic acids is 4. The van der Waals surface area contributed by atoms with Gasteiger partial charge in [0.15, 0.2) is 11.6 Å². The van der Waals surface area contributed by atoms with E-state index in [-0.39, 0.29) is 61.8 Å². The minimum absolute atomic E-state index is 0. The fourth-order valence-corrected chi connectivity index (χ4v) is 6.24. The number of halogens is 2. The molecule has 7 heteroatoms. The van der Waals surface area contributed by atoms with Crippen LogP contribution in [0.3, 0.4) is 0 Å². The average molecular weight is 621 g/mol. The van der Waals surface area contributed by atoms with E-state index in [2.05, 4.69) is 31.9 Å². The van der Waals surface area contributed by atoms with Gasteiger partial charge in [0.05, 0.1) is 19.0 Å². The zero-order chi connectivity index (χ0) is 21.6. The van der Waals surface area contributed by atoms with Gasteiger partial charge in [-0.3, -0.25) is 9.59 Å². The Morgan fingerprint density at radius 1 is 0.625 bits per heavy atom. The summed E-state index contributed by atoms with van der Waals surface area (Å²) in [6, 6.07) is 10.5. The number of ketones is 2. The van der Waals surface area contributed by atoms with E-state index in [4.69, 9.17) is 0 Å². The summed E-state index contributed by atoms with van der Waals surface area (Å²) in [5, 5.41) is 5.93. The predicted octanol–water partition coefficient (Wildman–Crippen LogP) is 5.94. The van der Waals surface area contributed by atoms with Crippen LogP contribution in [0.25, 0.3) is 43.1 Å². The fourth-order valence-electron chi connectivity index (χ4n) is 4.96. The largest absolute Gasteiger partial charge is 0.376 e. The number of fused-ring (bicyclic) bond motifs is 2.